The molecule has 1 atom stereocenters. The number of carbonyl (C=O) groups excluding carboxylic acids is 2. The number of carbonyl (C=O) groups is 3. The van der Waals surface area contributed by atoms with Gasteiger partial charge in [-0.2, -0.15) is 0 Å². The summed E-state index contributed by atoms with van der Waals surface area (Å²) in [6.45, 7) is 6.87. The van der Waals surface area contributed by atoms with E-state index in [0.29, 0.717) is 12.2 Å². The molecule has 5 heteroatoms. The first-order chi connectivity index (χ1) is 20.4. The first-order valence-corrected chi connectivity index (χ1v) is 15.6. The summed E-state index contributed by atoms with van der Waals surface area (Å²) in [5, 5.41) is 8.76. The van der Waals surface area contributed by atoms with E-state index in [0.717, 1.165) is 36.8 Å². The molecule has 0 bridgehead atoms. The van der Waals surface area contributed by atoms with E-state index < -0.39 is 11.9 Å². The number of ether oxygens (including phenoxy) is 1. The van der Waals surface area contributed by atoms with Gasteiger partial charge in [-0.15, -0.1) is 0 Å². The Morgan fingerprint density at radius 2 is 1.12 bits per heavy atom. The minimum Gasteiger partial charge on any atom is -0.478 e. The van der Waals surface area contributed by atoms with Crippen molar-refractivity contribution in [1.82, 2.24) is 0 Å². The molecule has 0 radical (unpaired) electrons. The largest absolute Gasteiger partial charge is 0.478 e. The van der Waals surface area contributed by atoms with Gasteiger partial charge in [0.25, 0.3) is 0 Å². The van der Waals surface area contributed by atoms with Gasteiger partial charge in [0.2, 0.25) is 0 Å². The summed E-state index contributed by atoms with van der Waals surface area (Å²) < 4.78 is 5.15. The van der Waals surface area contributed by atoms with Gasteiger partial charge < -0.3 is 9.84 Å². The molecule has 0 saturated carbocycles. The SMILES string of the molecule is CCCCCCC(C)C(=O)c1ccc(-c2ccccc2)cc1.CCCCCCCCOC(=O)c1ccc(C(=O)O)cc1. The zero-order chi connectivity index (χ0) is 30.6. The number of carboxylic acid groups (broad SMARTS) is 1. The number of carboxylic acids is 1. The highest BCUT2D eigenvalue weighted by atomic mass is 16.5. The highest BCUT2D eigenvalue weighted by Crippen LogP contribution is 2.22. The first kappa shape index (κ1) is 34.5. The van der Waals surface area contributed by atoms with E-state index in [2.05, 4.69) is 32.9 Å². The highest BCUT2D eigenvalue weighted by molar-refractivity contribution is 5.98. The predicted molar refractivity (Wildman–Crippen MR) is 171 cm³/mol. The van der Waals surface area contributed by atoms with Crippen LogP contribution in [0.5, 0.6) is 0 Å². The van der Waals surface area contributed by atoms with Crippen LogP contribution in [0.3, 0.4) is 0 Å². The van der Waals surface area contributed by atoms with Gasteiger partial charge in [0.05, 0.1) is 17.7 Å². The van der Waals surface area contributed by atoms with Gasteiger partial charge in [-0.3, -0.25) is 4.79 Å². The fourth-order valence-electron chi connectivity index (χ4n) is 4.63. The second-order valence-corrected chi connectivity index (χ2v) is 10.8. The van der Waals surface area contributed by atoms with E-state index in [1.165, 1.54) is 74.8 Å². The van der Waals surface area contributed by atoms with Gasteiger partial charge in [0.15, 0.2) is 5.78 Å². The van der Waals surface area contributed by atoms with Crippen LogP contribution in [-0.4, -0.2) is 29.4 Å². The summed E-state index contributed by atoms with van der Waals surface area (Å²) in [6, 6.07) is 24.1. The molecule has 0 saturated heterocycles. The number of Topliss-reactive ketones (excluding diaryl/α,β-unsaturated/α-hetero) is 1. The van der Waals surface area contributed by atoms with Crippen molar-refractivity contribution in [3.63, 3.8) is 0 Å². The molecule has 0 fully saturated rings. The van der Waals surface area contributed by atoms with Crippen LogP contribution in [0.15, 0.2) is 78.9 Å². The second-order valence-electron chi connectivity index (χ2n) is 10.8. The molecule has 3 aromatic carbocycles. The van der Waals surface area contributed by atoms with Crippen molar-refractivity contribution < 1.29 is 24.2 Å². The van der Waals surface area contributed by atoms with Crippen LogP contribution in [-0.2, 0) is 4.74 Å². The molecule has 0 aliphatic rings. The van der Waals surface area contributed by atoms with E-state index in [1.807, 2.05) is 42.5 Å². The quantitative estimate of drug-likeness (QED) is 0.0989. The molecule has 3 aromatic rings. The number of aromatic carboxylic acids is 1. The molecule has 42 heavy (non-hydrogen) atoms. The van der Waals surface area contributed by atoms with Gasteiger partial charge in [-0.1, -0.05) is 133 Å². The molecule has 0 aliphatic heterocycles. The van der Waals surface area contributed by atoms with Gasteiger partial charge in [0.1, 0.15) is 0 Å². The Bertz CT molecular complexity index is 1180. The summed E-state index contributed by atoms with van der Waals surface area (Å²) in [5.41, 5.74) is 3.74. The Labute approximate surface area is 252 Å². The third kappa shape index (κ3) is 12.8. The standard InChI is InChI=1S/C21H26O.C16H22O4/c1-3-4-5-7-10-17(2)21(22)20-15-13-19(14-16-20)18-11-8-6-9-12-18;1-2-3-4-5-6-7-12-20-16(19)14-10-8-13(9-11-14)15(17)18/h6,8-9,11-17H,3-5,7,10H2,1-2H3;8-11H,2-7,12H2,1H3,(H,17,18). The lowest BCUT2D eigenvalue weighted by Crippen LogP contribution is -2.11. The summed E-state index contributed by atoms with van der Waals surface area (Å²) >= 11 is 0. The maximum atomic E-state index is 12.5. The molecule has 0 heterocycles. The van der Waals surface area contributed by atoms with Crippen LogP contribution in [0.4, 0.5) is 0 Å². The Balaban J connectivity index is 0.000000295. The van der Waals surface area contributed by atoms with Gasteiger partial charge >= 0.3 is 11.9 Å². The van der Waals surface area contributed by atoms with Crippen molar-refractivity contribution in [2.75, 3.05) is 6.61 Å². The monoisotopic (exact) mass is 572 g/mol. The maximum Gasteiger partial charge on any atom is 0.338 e. The van der Waals surface area contributed by atoms with Crippen molar-refractivity contribution >= 4 is 17.7 Å². The average molecular weight is 573 g/mol. The summed E-state index contributed by atoms with van der Waals surface area (Å²) in [4.78, 5) is 34.8. The zero-order valence-corrected chi connectivity index (χ0v) is 25.6. The summed E-state index contributed by atoms with van der Waals surface area (Å²) in [5.74, 6) is -0.997. The minimum atomic E-state index is -1.00. The van der Waals surface area contributed by atoms with Crippen LogP contribution in [0.25, 0.3) is 11.1 Å². The second kappa shape index (κ2) is 20.2. The van der Waals surface area contributed by atoms with Crippen molar-refractivity contribution in [2.24, 2.45) is 5.92 Å². The molecule has 0 aliphatic carbocycles. The first-order valence-electron chi connectivity index (χ1n) is 15.6. The Hall–Kier alpha value is -3.73. The molecule has 0 aromatic heterocycles. The van der Waals surface area contributed by atoms with Gasteiger partial charge in [-0.05, 0) is 48.2 Å². The summed E-state index contributed by atoms with van der Waals surface area (Å²) in [7, 11) is 0. The third-order valence-electron chi connectivity index (χ3n) is 7.31. The molecular weight excluding hydrogens is 524 g/mol. The molecule has 3 rings (SSSR count). The van der Waals surface area contributed by atoms with Gasteiger partial charge in [-0.25, -0.2) is 9.59 Å². The van der Waals surface area contributed by atoms with E-state index in [1.54, 1.807) is 0 Å². The maximum absolute atomic E-state index is 12.5. The molecule has 1 unspecified atom stereocenters. The number of esters is 1. The Morgan fingerprint density at radius 1 is 0.619 bits per heavy atom. The van der Waals surface area contributed by atoms with Crippen molar-refractivity contribution in [3.8, 4) is 11.1 Å². The van der Waals surface area contributed by atoms with E-state index in [-0.39, 0.29) is 17.3 Å². The molecular formula is C37H48O5. The molecule has 1 N–H and O–H groups in total. The number of hydrogen-bond donors (Lipinski definition) is 1. The third-order valence-corrected chi connectivity index (χ3v) is 7.31. The number of unbranched alkanes of at least 4 members (excludes halogenated alkanes) is 8. The van der Waals surface area contributed by atoms with Gasteiger partial charge in [0, 0.05) is 11.5 Å². The Morgan fingerprint density at radius 3 is 1.71 bits per heavy atom. The van der Waals surface area contributed by atoms with Crippen LogP contribution < -0.4 is 0 Å². The number of ketones is 1. The zero-order valence-electron chi connectivity index (χ0n) is 25.6. The summed E-state index contributed by atoms with van der Waals surface area (Å²) in [6.07, 6.45) is 12.8. The van der Waals surface area contributed by atoms with E-state index in [4.69, 9.17) is 9.84 Å². The van der Waals surface area contributed by atoms with Crippen molar-refractivity contribution in [3.05, 3.63) is 95.6 Å². The topological polar surface area (TPSA) is 80.7 Å². The average Bonchev–Trinajstić information content (AvgIpc) is 3.03. The van der Waals surface area contributed by atoms with Crippen LogP contribution >= 0.6 is 0 Å². The number of hydrogen-bond acceptors (Lipinski definition) is 4. The predicted octanol–water partition coefficient (Wildman–Crippen LogP) is 10.0. The molecule has 0 spiro atoms. The fraction of sp³-hybridized carbons (Fsp3) is 0.432. The number of benzene rings is 3. The molecule has 5 nitrogen and oxygen atoms in total. The highest BCUT2D eigenvalue weighted by Gasteiger charge is 2.15. The Kier molecular flexibility index (Phi) is 16.6. The number of rotatable bonds is 17. The normalized spacial score (nSPS) is 11.2. The van der Waals surface area contributed by atoms with Crippen LogP contribution in [0.2, 0.25) is 0 Å². The molecule has 0 amide bonds. The van der Waals surface area contributed by atoms with E-state index >= 15 is 0 Å². The van der Waals surface area contributed by atoms with Crippen LogP contribution in [0, 0.1) is 5.92 Å². The van der Waals surface area contributed by atoms with E-state index in [9.17, 15) is 14.4 Å². The van der Waals surface area contributed by atoms with Crippen molar-refractivity contribution in [1.29, 1.82) is 0 Å². The van der Waals surface area contributed by atoms with Crippen LogP contribution in [0.1, 0.15) is 122 Å². The lowest BCUT2D eigenvalue weighted by atomic mass is 9.93. The minimum absolute atomic E-state index is 0.124. The van der Waals surface area contributed by atoms with Crippen molar-refractivity contribution in [2.45, 2.75) is 91.4 Å². The fourth-order valence-corrected chi connectivity index (χ4v) is 4.63. The lowest BCUT2D eigenvalue weighted by Gasteiger charge is -2.11. The lowest BCUT2D eigenvalue weighted by molar-refractivity contribution is 0.0496. The smallest absolute Gasteiger partial charge is 0.338 e. The molecule has 226 valence electrons.